The van der Waals surface area contributed by atoms with Crippen molar-refractivity contribution in [2.45, 2.75) is 32.3 Å². The maximum absolute atomic E-state index is 5.71. The minimum atomic E-state index is -0.0968. The largest absolute Gasteiger partial charge is 0.377 e. The Morgan fingerprint density at radius 1 is 1.43 bits per heavy atom. The van der Waals surface area contributed by atoms with Gasteiger partial charge in [-0.1, -0.05) is 0 Å². The summed E-state index contributed by atoms with van der Waals surface area (Å²) in [6.07, 6.45) is 2.21. The van der Waals surface area contributed by atoms with Crippen LogP contribution in [0.5, 0.6) is 0 Å². The molecule has 0 saturated carbocycles. The van der Waals surface area contributed by atoms with Gasteiger partial charge in [-0.3, -0.25) is 0 Å². The molecule has 3 heterocycles. The van der Waals surface area contributed by atoms with Gasteiger partial charge in [0.2, 0.25) is 5.95 Å². The van der Waals surface area contributed by atoms with Crippen molar-refractivity contribution in [2.75, 3.05) is 37.5 Å². The molecule has 1 fully saturated rings. The van der Waals surface area contributed by atoms with E-state index in [1.165, 1.54) is 4.88 Å². The summed E-state index contributed by atoms with van der Waals surface area (Å²) in [6, 6.07) is 2.19. The van der Waals surface area contributed by atoms with Crippen LogP contribution in [-0.2, 0) is 4.74 Å². The Bertz CT molecular complexity index is 656. The van der Waals surface area contributed by atoms with Crippen LogP contribution in [0, 0.1) is 6.92 Å². The molecule has 1 unspecified atom stereocenters. The second-order valence-electron chi connectivity index (χ2n) is 5.88. The van der Waals surface area contributed by atoms with Gasteiger partial charge in [0.05, 0.1) is 11.0 Å². The van der Waals surface area contributed by atoms with Gasteiger partial charge in [-0.2, -0.15) is 4.98 Å². The molecule has 6 heteroatoms. The van der Waals surface area contributed by atoms with Crippen LogP contribution >= 0.6 is 11.3 Å². The van der Waals surface area contributed by atoms with Gasteiger partial charge in [0, 0.05) is 32.1 Å². The maximum Gasteiger partial charge on any atom is 0.225 e. The maximum atomic E-state index is 5.71. The van der Waals surface area contributed by atoms with Crippen molar-refractivity contribution in [1.82, 2.24) is 9.97 Å². The zero-order chi connectivity index (χ0) is 15.0. The Balaban J connectivity index is 2.06. The third-order valence-electron chi connectivity index (χ3n) is 4.17. The summed E-state index contributed by atoms with van der Waals surface area (Å²) in [5.74, 6) is 1.71. The lowest BCUT2D eigenvalue weighted by Crippen LogP contribution is -2.47. The van der Waals surface area contributed by atoms with Crippen molar-refractivity contribution in [3.63, 3.8) is 0 Å². The van der Waals surface area contributed by atoms with Crippen molar-refractivity contribution in [2.24, 2.45) is 0 Å². The second kappa shape index (κ2) is 5.42. The molecule has 0 bridgehead atoms. The lowest BCUT2D eigenvalue weighted by atomic mass is 9.94. The molecule has 0 amide bonds. The van der Waals surface area contributed by atoms with E-state index in [-0.39, 0.29) is 5.60 Å². The Hall–Kier alpha value is -1.40. The number of fused-ring (bicyclic) bond motifs is 1. The number of ether oxygens (including phenoxy) is 1. The molecule has 1 aliphatic rings. The second-order valence-corrected chi connectivity index (χ2v) is 7.11. The average Bonchev–Trinajstić information content (AvgIpc) is 2.86. The first-order valence-corrected chi connectivity index (χ1v) is 8.12. The molecule has 21 heavy (non-hydrogen) atoms. The number of aromatic nitrogens is 2. The molecule has 0 spiro atoms. The zero-order valence-electron chi connectivity index (χ0n) is 13.1. The lowest BCUT2D eigenvalue weighted by Gasteiger charge is -2.40. The van der Waals surface area contributed by atoms with E-state index < -0.39 is 0 Å². The monoisotopic (exact) mass is 306 g/mol. The third kappa shape index (κ3) is 2.70. The fourth-order valence-electron chi connectivity index (χ4n) is 2.93. The number of nitrogens with zero attached hydrogens (tertiary/aromatic N) is 3. The number of piperidine rings is 1. The number of aryl methyl sites for hydroxylation is 1. The number of thiophene rings is 1. The topological polar surface area (TPSA) is 50.3 Å². The first-order valence-electron chi connectivity index (χ1n) is 7.31. The Labute approximate surface area is 129 Å². The number of hydrogen-bond acceptors (Lipinski definition) is 6. The van der Waals surface area contributed by atoms with Crippen molar-refractivity contribution in [3.05, 3.63) is 10.9 Å². The van der Waals surface area contributed by atoms with Crippen molar-refractivity contribution in [3.8, 4) is 0 Å². The van der Waals surface area contributed by atoms with E-state index in [0.717, 1.165) is 42.0 Å². The Kier molecular flexibility index (Phi) is 3.75. The van der Waals surface area contributed by atoms with E-state index in [2.05, 4.69) is 35.1 Å². The van der Waals surface area contributed by atoms with Crippen LogP contribution in [0.1, 0.15) is 24.6 Å². The van der Waals surface area contributed by atoms with Gasteiger partial charge in [0.15, 0.2) is 0 Å². The first kappa shape index (κ1) is 14.5. The summed E-state index contributed by atoms with van der Waals surface area (Å²) in [5, 5.41) is 4.22. The fourth-order valence-corrected chi connectivity index (χ4v) is 3.81. The SMILES string of the molecule is CNc1nc(N2CCCC(C)(OC)C2)c2cc(C)sc2n1. The third-order valence-corrected chi connectivity index (χ3v) is 5.12. The van der Waals surface area contributed by atoms with Gasteiger partial charge in [-0.25, -0.2) is 4.98 Å². The van der Waals surface area contributed by atoms with Crippen LogP contribution in [0.25, 0.3) is 10.2 Å². The summed E-state index contributed by atoms with van der Waals surface area (Å²) in [7, 11) is 3.66. The minimum Gasteiger partial charge on any atom is -0.377 e. The molecule has 1 saturated heterocycles. The van der Waals surface area contributed by atoms with Crippen LogP contribution < -0.4 is 10.2 Å². The van der Waals surface area contributed by atoms with Crippen molar-refractivity contribution >= 4 is 33.3 Å². The van der Waals surface area contributed by atoms with Gasteiger partial charge < -0.3 is 15.0 Å². The fraction of sp³-hybridized carbons (Fsp3) is 0.600. The summed E-state index contributed by atoms with van der Waals surface area (Å²) < 4.78 is 5.71. The Morgan fingerprint density at radius 2 is 2.24 bits per heavy atom. The summed E-state index contributed by atoms with van der Waals surface area (Å²) in [5.41, 5.74) is -0.0968. The number of methoxy groups -OCH3 is 1. The highest BCUT2D eigenvalue weighted by Gasteiger charge is 2.32. The van der Waals surface area contributed by atoms with Gasteiger partial charge in [-0.15, -0.1) is 11.3 Å². The first-order chi connectivity index (χ1) is 10.0. The molecular weight excluding hydrogens is 284 g/mol. The highest BCUT2D eigenvalue weighted by Crippen LogP contribution is 2.35. The van der Waals surface area contributed by atoms with Crippen LogP contribution in [0.15, 0.2) is 6.07 Å². The van der Waals surface area contributed by atoms with Crippen LogP contribution in [0.4, 0.5) is 11.8 Å². The van der Waals surface area contributed by atoms with Gasteiger partial charge >= 0.3 is 0 Å². The van der Waals surface area contributed by atoms with Gasteiger partial charge in [0.25, 0.3) is 0 Å². The van der Waals surface area contributed by atoms with E-state index in [9.17, 15) is 0 Å². The van der Waals surface area contributed by atoms with E-state index in [1.54, 1.807) is 18.4 Å². The smallest absolute Gasteiger partial charge is 0.225 e. The molecule has 1 N–H and O–H groups in total. The summed E-state index contributed by atoms with van der Waals surface area (Å²) >= 11 is 1.72. The van der Waals surface area contributed by atoms with Crippen molar-refractivity contribution in [1.29, 1.82) is 0 Å². The molecule has 2 aromatic heterocycles. The molecule has 2 aromatic rings. The number of nitrogens with one attached hydrogen (secondary N) is 1. The summed E-state index contributed by atoms with van der Waals surface area (Å²) in [4.78, 5) is 13.9. The molecule has 5 nitrogen and oxygen atoms in total. The van der Waals surface area contributed by atoms with Crippen molar-refractivity contribution < 1.29 is 4.74 Å². The number of anilines is 2. The predicted octanol–water partition coefficient (Wildman–Crippen LogP) is 3.05. The molecule has 0 aliphatic carbocycles. The molecule has 0 aromatic carbocycles. The van der Waals surface area contributed by atoms with Crippen LogP contribution in [-0.4, -0.2) is 42.8 Å². The number of hydrogen-bond donors (Lipinski definition) is 1. The van der Waals surface area contributed by atoms with Gasteiger partial charge in [-0.05, 0) is 32.8 Å². The zero-order valence-corrected chi connectivity index (χ0v) is 13.9. The molecular formula is C15H22N4OS. The minimum absolute atomic E-state index is 0.0968. The molecule has 114 valence electrons. The molecule has 1 atom stereocenters. The molecule has 3 rings (SSSR count). The van der Waals surface area contributed by atoms with Crippen LogP contribution in [0.2, 0.25) is 0 Å². The average molecular weight is 306 g/mol. The standard InChI is InChI=1S/C15H22N4OS/c1-10-8-11-12(17-14(16-3)18-13(11)21-10)19-7-5-6-15(2,9-19)20-4/h8H,5-7,9H2,1-4H3,(H,16,17,18). The van der Waals surface area contributed by atoms with E-state index in [4.69, 9.17) is 9.72 Å². The molecule has 0 radical (unpaired) electrons. The number of rotatable bonds is 3. The molecule has 1 aliphatic heterocycles. The summed E-state index contributed by atoms with van der Waals surface area (Å²) in [6.45, 7) is 6.18. The quantitative estimate of drug-likeness (QED) is 0.944. The van der Waals surface area contributed by atoms with Gasteiger partial charge in [0.1, 0.15) is 10.6 Å². The van der Waals surface area contributed by atoms with E-state index >= 15 is 0 Å². The highest BCUT2D eigenvalue weighted by molar-refractivity contribution is 7.18. The predicted molar refractivity (Wildman–Crippen MR) is 88.6 cm³/mol. The normalized spacial score (nSPS) is 22.8. The van der Waals surface area contributed by atoms with Crippen LogP contribution in [0.3, 0.4) is 0 Å². The van der Waals surface area contributed by atoms with E-state index in [1.807, 2.05) is 7.05 Å². The Morgan fingerprint density at radius 3 is 2.95 bits per heavy atom. The highest BCUT2D eigenvalue weighted by atomic mass is 32.1. The lowest BCUT2D eigenvalue weighted by molar-refractivity contribution is -0.00475. The van der Waals surface area contributed by atoms with E-state index in [0.29, 0.717) is 5.95 Å².